The summed E-state index contributed by atoms with van der Waals surface area (Å²) in [5.74, 6) is 0.929. The van der Waals surface area contributed by atoms with Crippen LogP contribution in [0, 0.1) is 13.8 Å². The summed E-state index contributed by atoms with van der Waals surface area (Å²) >= 11 is 0. The molecule has 2 aromatic heterocycles. The second kappa shape index (κ2) is 7.25. The van der Waals surface area contributed by atoms with Gasteiger partial charge >= 0.3 is 0 Å². The van der Waals surface area contributed by atoms with E-state index in [0.717, 1.165) is 49.6 Å². The number of aromatic nitrogens is 3. The first kappa shape index (κ1) is 17.5. The van der Waals surface area contributed by atoms with E-state index in [9.17, 15) is 4.79 Å². The van der Waals surface area contributed by atoms with E-state index in [1.807, 2.05) is 47.6 Å². The van der Waals surface area contributed by atoms with Crippen LogP contribution in [0.3, 0.4) is 0 Å². The lowest BCUT2D eigenvalue weighted by Crippen LogP contribution is -2.46. The minimum absolute atomic E-state index is 0.0732. The molecular weight excluding hydrogens is 314 g/mol. The highest BCUT2D eigenvalue weighted by molar-refractivity contribution is 5.94. The van der Waals surface area contributed by atoms with Crippen LogP contribution in [0.1, 0.15) is 41.0 Å². The van der Waals surface area contributed by atoms with Crippen LogP contribution in [0.2, 0.25) is 0 Å². The van der Waals surface area contributed by atoms with E-state index < -0.39 is 0 Å². The molecule has 1 unspecified atom stereocenters. The Balaban J connectivity index is 1.77. The van der Waals surface area contributed by atoms with Crippen LogP contribution in [-0.2, 0) is 6.54 Å². The highest BCUT2D eigenvalue weighted by atomic mass is 16.2. The van der Waals surface area contributed by atoms with Gasteiger partial charge in [-0.25, -0.2) is 4.98 Å². The number of pyridine rings is 1. The van der Waals surface area contributed by atoms with E-state index in [1.54, 1.807) is 6.20 Å². The Morgan fingerprint density at radius 3 is 2.68 bits per heavy atom. The van der Waals surface area contributed by atoms with Crippen molar-refractivity contribution in [3.05, 3.63) is 41.3 Å². The number of likely N-dealkylation sites (tertiary alicyclic amines) is 1. The molecule has 6 nitrogen and oxygen atoms in total. The van der Waals surface area contributed by atoms with Gasteiger partial charge in [0, 0.05) is 32.5 Å². The van der Waals surface area contributed by atoms with E-state index in [4.69, 9.17) is 0 Å². The zero-order chi connectivity index (χ0) is 18.0. The van der Waals surface area contributed by atoms with E-state index in [2.05, 4.69) is 23.1 Å². The molecular formula is C19H27N5O. The molecule has 0 N–H and O–H groups in total. The third kappa shape index (κ3) is 3.83. The van der Waals surface area contributed by atoms with Crippen LogP contribution >= 0.6 is 0 Å². The van der Waals surface area contributed by atoms with Crippen molar-refractivity contribution >= 4 is 11.7 Å². The van der Waals surface area contributed by atoms with Crippen LogP contribution < -0.4 is 4.90 Å². The van der Waals surface area contributed by atoms with Crippen molar-refractivity contribution in [1.82, 2.24) is 19.7 Å². The predicted octanol–water partition coefficient (Wildman–Crippen LogP) is 2.66. The van der Waals surface area contributed by atoms with Crippen molar-refractivity contribution in [2.45, 2.75) is 45.7 Å². The van der Waals surface area contributed by atoms with Crippen molar-refractivity contribution in [2.75, 3.05) is 25.5 Å². The lowest BCUT2D eigenvalue weighted by molar-refractivity contribution is 0.0582. The third-order valence-electron chi connectivity index (χ3n) is 4.83. The molecule has 6 heteroatoms. The fraction of sp³-hybridized carbons (Fsp3) is 0.526. The molecule has 2 aromatic rings. The zero-order valence-electron chi connectivity index (χ0n) is 15.6. The molecule has 0 saturated carbocycles. The summed E-state index contributed by atoms with van der Waals surface area (Å²) in [6.07, 6.45) is 4.92. The Kier molecular flexibility index (Phi) is 5.06. The smallest absolute Gasteiger partial charge is 0.255 e. The van der Waals surface area contributed by atoms with Gasteiger partial charge < -0.3 is 9.80 Å². The van der Waals surface area contributed by atoms with Gasteiger partial charge in [-0.3, -0.25) is 9.48 Å². The number of hydrogen-bond acceptors (Lipinski definition) is 4. The molecule has 0 aliphatic carbocycles. The first-order chi connectivity index (χ1) is 12.0. The lowest BCUT2D eigenvalue weighted by Gasteiger charge is -2.36. The number of piperidine rings is 1. The predicted molar refractivity (Wildman–Crippen MR) is 98.9 cm³/mol. The third-order valence-corrected chi connectivity index (χ3v) is 4.83. The average molecular weight is 341 g/mol. The second-order valence-electron chi connectivity index (χ2n) is 7.06. The highest BCUT2D eigenvalue weighted by Crippen LogP contribution is 2.22. The molecule has 3 rings (SSSR count). The number of hydrogen-bond donors (Lipinski definition) is 0. The SMILES string of the molecule is Cc1cc(C)n(CC2CCCCN2C(=O)c2ccc(N(C)C)nc2)n1. The maximum Gasteiger partial charge on any atom is 0.255 e. The molecule has 134 valence electrons. The zero-order valence-corrected chi connectivity index (χ0v) is 15.6. The summed E-state index contributed by atoms with van der Waals surface area (Å²) in [6.45, 7) is 5.64. The minimum Gasteiger partial charge on any atom is -0.363 e. The van der Waals surface area contributed by atoms with Crippen LogP contribution in [0.4, 0.5) is 5.82 Å². The van der Waals surface area contributed by atoms with Crippen LogP contribution in [0.15, 0.2) is 24.4 Å². The van der Waals surface area contributed by atoms with Gasteiger partial charge in [-0.05, 0) is 51.3 Å². The quantitative estimate of drug-likeness (QED) is 0.858. The number of aryl methyl sites for hydroxylation is 2. The number of rotatable bonds is 4. The van der Waals surface area contributed by atoms with Crippen LogP contribution in [0.25, 0.3) is 0 Å². The van der Waals surface area contributed by atoms with E-state index >= 15 is 0 Å². The summed E-state index contributed by atoms with van der Waals surface area (Å²) in [5.41, 5.74) is 2.83. The number of amides is 1. The molecule has 1 atom stereocenters. The van der Waals surface area contributed by atoms with Gasteiger partial charge in [0.2, 0.25) is 0 Å². The first-order valence-electron chi connectivity index (χ1n) is 8.91. The summed E-state index contributed by atoms with van der Waals surface area (Å²) in [7, 11) is 3.89. The van der Waals surface area contributed by atoms with E-state index in [1.165, 1.54) is 0 Å². The molecule has 0 spiro atoms. The molecule has 1 aliphatic heterocycles. The molecule has 3 heterocycles. The summed E-state index contributed by atoms with van der Waals surface area (Å²) in [5, 5.41) is 4.56. The van der Waals surface area contributed by atoms with Crippen molar-refractivity contribution in [3.8, 4) is 0 Å². The Morgan fingerprint density at radius 1 is 1.28 bits per heavy atom. The fourth-order valence-corrected chi connectivity index (χ4v) is 3.46. The molecule has 1 fully saturated rings. The number of carbonyl (C=O) groups excluding carboxylic acids is 1. The van der Waals surface area contributed by atoms with E-state index in [-0.39, 0.29) is 11.9 Å². The molecule has 25 heavy (non-hydrogen) atoms. The number of anilines is 1. The highest BCUT2D eigenvalue weighted by Gasteiger charge is 2.28. The Labute approximate surface area is 149 Å². The largest absolute Gasteiger partial charge is 0.363 e. The first-order valence-corrected chi connectivity index (χ1v) is 8.91. The number of carbonyl (C=O) groups is 1. The second-order valence-corrected chi connectivity index (χ2v) is 7.06. The maximum atomic E-state index is 13.0. The van der Waals surface area contributed by atoms with Crippen molar-refractivity contribution in [3.63, 3.8) is 0 Å². The molecule has 0 radical (unpaired) electrons. The van der Waals surface area contributed by atoms with Gasteiger partial charge in [0.25, 0.3) is 5.91 Å². The lowest BCUT2D eigenvalue weighted by atomic mass is 10.0. The van der Waals surface area contributed by atoms with Gasteiger partial charge in [0.05, 0.1) is 23.8 Å². The Hall–Kier alpha value is -2.37. The molecule has 0 aromatic carbocycles. The van der Waals surface area contributed by atoms with Gasteiger partial charge in [0.1, 0.15) is 5.82 Å². The monoisotopic (exact) mass is 341 g/mol. The van der Waals surface area contributed by atoms with Crippen molar-refractivity contribution in [2.24, 2.45) is 0 Å². The standard InChI is InChI=1S/C19H27N5O/c1-14-11-15(2)24(21-14)13-17-7-5-6-10-23(17)19(25)16-8-9-18(20-12-16)22(3)4/h8-9,11-12,17H,5-7,10,13H2,1-4H3. The summed E-state index contributed by atoms with van der Waals surface area (Å²) in [6, 6.07) is 6.04. The van der Waals surface area contributed by atoms with Crippen molar-refractivity contribution < 1.29 is 4.79 Å². The summed E-state index contributed by atoms with van der Waals surface area (Å²) < 4.78 is 2.03. The maximum absolute atomic E-state index is 13.0. The van der Waals surface area contributed by atoms with Crippen molar-refractivity contribution in [1.29, 1.82) is 0 Å². The van der Waals surface area contributed by atoms with Crippen LogP contribution in [0.5, 0.6) is 0 Å². The van der Waals surface area contributed by atoms with Gasteiger partial charge in [0.15, 0.2) is 0 Å². The Morgan fingerprint density at radius 2 is 2.08 bits per heavy atom. The van der Waals surface area contributed by atoms with E-state index in [0.29, 0.717) is 5.56 Å². The molecule has 0 bridgehead atoms. The molecule has 1 saturated heterocycles. The van der Waals surface area contributed by atoms with Gasteiger partial charge in [-0.2, -0.15) is 5.10 Å². The normalized spacial score (nSPS) is 17.6. The average Bonchev–Trinajstić information content (AvgIpc) is 2.92. The number of nitrogens with zero attached hydrogens (tertiary/aromatic N) is 5. The summed E-state index contributed by atoms with van der Waals surface area (Å²) in [4.78, 5) is 21.3. The molecule has 1 aliphatic rings. The molecule has 1 amide bonds. The Bertz CT molecular complexity index is 735. The topological polar surface area (TPSA) is 54.3 Å². The minimum atomic E-state index is 0.0732. The van der Waals surface area contributed by atoms with Gasteiger partial charge in [-0.15, -0.1) is 0 Å². The van der Waals surface area contributed by atoms with Crippen LogP contribution in [-0.4, -0.2) is 52.3 Å². The van der Waals surface area contributed by atoms with Gasteiger partial charge in [-0.1, -0.05) is 0 Å². The fourth-order valence-electron chi connectivity index (χ4n) is 3.46.